The summed E-state index contributed by atoms with van der Waals surface area (Å²) in [5.41, 5.74) is 2.60. The molecule has 31 heavy (non-hydrogen) atoms. The standard InChI is InChI=1S/C23H21N5O3/c1-22(2,29)21-24-9-14(10-25-21)16-7-8-17-20(27-16)28-19(26-17)11-30-12-23(28)13-31-18-6-4-3-5-15(18)23/h3-10,29H,11-13H2,1-2H3/t23-/m0/s1. The van der Waals surface area contributed by atoms with E-state index in [4.69, 9.17) is 19.4 Å². The van der Waals surface area contributed by atoms with Gasteiger partial charge in [0.25, 0.3) is 0 Å². The molecule has 2 aliphatic rings. The van der Waals surface area contributed by atoms with Crippen LogP contribution < -0.4 is 4.74 Å². The van der Waals surface area contributed by atoms with Crippen LogP contribution in [0.1, 0.15) is 31.1 Å². The van der Waals surface area contributed by atoms with Gasteiger partial charge in [-0.2, -0.15) is 0 Å². The summed E-state index contributed by atoms with van der Waals surface area (Å²) in [7, 11) is 0. The van der Waals surface area contributed by atoms with Gasteiger partial charge in [-0.05, 0) is 32.0 Å². The van der Waals surface area contributed by atoms with Crippen molar-refractivity contribution < 1.29 is 14.6 Å². The summed E-state index contributed by atoms with van der Waals surface area (Å²) in [6.07, 6.45) is 3.38. The number of nitrogens with zero attached hydrogens (tertiary/aromatic N) is 5. The van der Waals surface area contributed by atoms with Gasteiger partial charge in [-0.3, -0.25) is 4.57 Å². The average molecular weight is 415 g/mol. The van der Waals surface area contributed by atoms with Crippen LogP contribution in [0.4, 0.5) is 0 Å². The van der Waals surface area contributed by atoms with Crippen molar-refractivity contribution in [2.45, 2.75) is 31.6 Å². The van der Waals surface area contributed by atoms with Gasteiger partial charge in [-0.15, -0.1) is 0 Å². The zero-order valence-electron chi connectivity index (χ0n) is 17.2. The van der Waals surface area contributed by atoms with E-state index in [-0.39, 0.29) is 0 Å². The topological polar surface area (TPSA) is 95.2 Å². The first-order chi connectivity index (χ1) is 15.0. The summed E-state index contributed by atoms with van der Waals surface area (Å²) < 4.78 is 14.1. The molecule has 0 aliphatic carbocycles. The van der Waals surface area contributed by atoms with E-state index >= 15 is 0 Å². The van der Waals surface area contributed by atoms with Crippen LogP contribution >= 0.6 is 0 Å². The van der Waals surface area contributed by atoms with Gasteiger partial charge in [0.2, 0.25) is 0 Å². The smallest absolute Gasteiger partial charge is 0.161 e. The van der Waals surface area contributed by atoms with Gasteiger partial charge >= 0.3 is 0 Å². The lowest BCUT2D eigenvalue weighted by atomic mass is 9.91. The summed E-state index contributed by atoms with van der Waals surface area (Å²) >= 11 is 0. The Morgan fingerprint density at radius 3 is 2.65 bits per heavy atom. The van der Waals surface area contributed by atoms with Crippen LogP contribution in [0.3, 0.4) is 0 Å². The highest BCUT2D eigenvalue weighted by Gasteiger charge is 2.47. The molecule has 156 valence electrons. The summed E-state index contributed by atoms with van der Waals surface area (Å²) in [4.78, 5) is 18.4. The third kappa shape index (κ3) is 2.68. The van der Waals surface area contributed by atoms with E-state index in [1.165, 1.54) is 0 Å². The Kier molecular flexibility index (Phi) is 3.75. The van der Waals surface area contributed by atoms with Gasteiger partial charge in [0.15, 0.2) is 11.5 Å². The Labute approximate surface area is 178 Å². The molecule has 8 nitrogen and oxygen atoms in total. The largest absolute Gasteiger partial charge is 0.490 e. The van der Waals surface area contributed by atoms with Crippen LogP contribution in [0, 0.1) is 0 Å². The minimum atomic E-state index is -1.09. The van der Waals surface area contributed by atoms with Crippen molar-refractivity contribution in [3.8, 4) is 17.0 Å². The van der Waals surface area contributed by atoms with Gasteiger partial charge in [0, 0.05) is 23.5 Å². The molecule has 2 aliphatic heterocycles. The van der Waals surface area contributed by atoms with Crippen molar-refractivity contribution in [1.29, 1.82) is 0 Å². The van der Waals surface area contributed by atoms with E-state index in [0.717, 1.165) is 39.6 Å². The Balaban J connectivity index is 1.52. The molecule has 6 rings (SSSR count). The number of rotatable bonds is 2. The highest BCUT2D eigenvalue weighted by molar-refractivity contribution is 5.77. The molecule has 0 amide bonds. The fourth-order valence-corrected chi connectivity index (χ4v) is 4.42. The number of benzene rings is 1. The molecule has 0 unspecified atom stereocenters. The van der Waals surface area contributed by atoms with E-state index in [0.29, 0.717) is 25.6 Å². The van der Waals surface area contributed by atoms with Gasteiger partial charge in [0.1, 0.15) is 41.4 Å². The quantitative estimate of drug-likeness (QED) is 0.538. The summed E-state index contributed by atoms with van der Waals surface area (Å²) in [6.45, 7) is 4.72. The Bertz CT molecular complexity index is 1310. The van der Waals surface area contributed by atoms with Crippen LogP contribution in [-0.4, -0.2) is 42.8 Å². The molecule has 1 aromatic carbocycles. The monoisotopic (exact) mass is 415 g/mol. The summed E-state index contributed by atoms with van der Waals surface area (Å²) in [5.74, 6) is 2.07. The number of para-hydroxylation sites is 1. The molecule has 1 atom stereocenters. The predicted molar refractivity (Wildman–Crippen MR) is 112 cm³/mol. The van der Waals surface area contributed by atoms with E-state index in [2.05, 4.69) is 20.6 Å². The van der Waals surface area contributed by atoms with E-state index in [9.17, 15) is 5.11 Å². The van der Waals surface area contributed by atoms with Crippen LogP contribution in [0.25, 0.3) is 22.4 Å². The first-order valence-corrected chi connectivity index (χ1v) is 10.2. The Morgan fingerprint density at radius 2 is 1.84 bits per heavy atom. The molecule has 0 radical (unpaired) electrons. The lowest BCUT2D eigenvalue weighted by Crippen LogP contribution is -2.45. The highest BCUT2D eigenvalue weighted by Crippen LogP contribution is 2.44. The second-order valence-electron chi connectivity index (χ2n) is 8.57. The minimum Gasteiger partial charge on any atom is -0.490 e. The fourth-order valence-electron chi connectivity index (χ4n) is 4.42. The Morgan fingerprint density at radius 1 is 1.03 bits per heavy atom. The van der Waals surface area contributed by atoms with Gasteiger partial charge in [0.05, 0.1) is 12.3 Å². The van der Waals surface area contributed by atoms with Crippen molar-refractivity contribution in [2.75, 3.05) is 13.2 Å². The molecule has 0 saturated carbocycles. The number of aliphatic hydroxyl groups is 1. The fraction of sp³-hybridized carbons (Fsp3) is 0.304. The van der Waals surface area contributed by atoms with Crippen LogP contribution in [0.2, 0.25) is 0 Å². The maximum Gasteiger partial charge on any atom is 0.161 e. The normalized spacial score (nSPS) is 20.0. The average Bonchev–Trinajstić information content (AvgIpc) is 3.33. The van der Waals surface area contributed by atoms with E-state index < -0.39 is 11.1 Å². The number of fused-ring (bicyclic) bond motifs is 6. The molecule has 3 aromatic heterocycles. The third-order valence-corrected chi connectivity index (χ3v) is 5.92. The lowest BCUT2D eigenvalue weighted by molar-refractivity contribution is 0.0134. The maximum absolute atomic E-state index is 10.1. The van der Waals surface area contributed by atoms with Crippen molar-refractivity contribution >= 4 is 11.2 Å². The van der Waals surface area contributed by atoms with E-state index in [1.807, 2.05) is 30.3 Å². The minimum absolute atomic E-state index is 0.370. The molecular weight excluding hydrogens is 394 g/mol. The van der Waals surface area contributed by atoms with Crippen molar-refractivity contribution in [2.24, 2.45) is 0 Å². The predicted octanol–water partition coefficient (Wildman–Crippen LogP) is 2.78. The molecule has 0 fully saturated rings. The molecule has 0 saturated heterocycles. The van der Waals surface area contributed by atoms with Gasteiger partial charge < -0.3 is 14.6 Å². The second-order valence-corrected chi connectivity index (χ2v) is 8.57. The van der Waals surface area contributed by atoms with Crippen molar-refractivity contribution in [3.05, 3.63) is 66.0 Å². The molecule has 4 aromatic rings. The first-order valence-electron chi connectivity index (χ1n) is 10.2. The molecule has 8 heteroatoms. The molecule has 1 spiro atoms. The van der Waals surface area contributed by atoms with Crippen LogP contribution in [0.5, 0.6) is 5.75 Å². The van der Waals surface area contributed by atoms with Gasteiger partial charge in [-0.1, -0.05) is 18.2 Å². The summed E-state index contributed by atoms with van der Waals surface area (Å²) in [5, 5.41) is 10.1. The van der Waals surface area contributed by atoms with Crippen LogP contribution in [-0.2, 0) is 22.5 Å². The Hall–Kier alpha value is -3.36. The highest BCUT2D eigenvalue weighted by atomic mass is 16.5. The number of hydrogen-bond acceptors (Lipinski definition) is 7. The molecular formula is C23H21N5O3. The zero-order chi connectivity index (χ0) is 21.2. The molecule has 1 N–H and O–H groups in total. The third-order valence-electron chi connectivity index (χ3n) is 5.92. The summed E-state index contributed by atoms with van der Waals surface area (Å²) in [6, 6.07) is 11.9. The number of ether oxygens (including phenoxy) is 2. The number of hydrogen-bond donors (Lipinski definition) is 1. The van der Waals surface area contributed by atoms with Gasteiger partial charge in [-0.25, -0.2) is 19.9 Å². The number of imidazole rings is 1. The lowest BCUT2D eigenvalue weighted by Gasteiger charge is -2.34. The molecule has 0 bridgehead atoms. The zero-order valence-corrected chi connectivity index (χ0v) is 17.2. The number of pyridine rings is 1. The first kappa shape index (κ1) is 18.4. The second kappa shape index (κ2) is 6.32. The van der Waals surface area contributed by atoms with Crippen molar-refractivity contribution in [3.63, 3.8) is 0 Å². The maximum atomic E-state index is 10.1. The number of aromatic nitrogens is 5. The van der Waals surface area contributed by atoms with Crippen LogP contribution in [0.15, 0.2) is 48.8 Å². The molecule has 5 heterocycles. The SMILES string of the molecule is CC(C)(O)c1ncc(-c2ccc3nc4n(c3n2)[C@@]2(COC4)COc3ccccc32)cn1. The van der Waals surface area contributed by atoms with Crippen molar-refractivity contribution in [1.82, 2.24) is 24.5 Å². The van der Waals surface area contributed by atoms with E-state index in [1.54, 1.807) is 26.2 Å².